The standard InChI is InChI=1S/C14H16Cl2N2O/c1-9(11-6-17-7-11)14(19)18(2)8-10-3-12(15)5-13(16)4-10/h3-5,17H,6-8H2,1-2H3. The molecule has 1 aliphatic rings. The SMILES string of the molecule is CC(C(=O)N(C)Cc1cc(Cl)cc(Cl)c1)=C1CNC1. The van der Waals surface area contributed by atoms with Crippen molar-refractivity contribution < 1.29 is 4.79 Å². The largest absolute Gasteiger partial charge is 0.338 e. The van der Waals surface area contributed by atoms with Gasteiger partial charge in [-0.05, 0) is 36.3 Å². The van der Waals surface area contributed by atoms with E-state index >= 15 is 0 Å². The van der Waals surface area contributed by atoms with Crippen LogP contribution in [0.5, 0.6) is 0 Å². The van der Waals surface area contributed by atoms with Crippen LogP contribution in [0.3, 0.4) is 0 Å². The fraction of sp³-hybridized carbons (Fsp3) is 0.357. The summed E-state index contributed by atoms with van der Waals surface area (Å²) in [6.45, 7) is 4.00. The molecule has 0 aromatic heterocycles. The second-order valence-electron chi connectivity index (χ2n) is 4.77. The van der Waals surface area contributed by atoms with Gasteiger partial charge >= 0.3 is 0 Å². The number of benzene rings is 1. The van der Waals surface area contributed by atoms with Crippen LogP contribution in [0, 0.1) is 0 Å². The van der Waals surface area contributed by atoms with Crippen molar-refractivity contribution in [1.82, 2.24) is 10.2 Å². The quantitative estimate of drug-likeness (QED) is 0.870. The Hall–Kier alpha value is -1.03. The van der Waals surface area contributed by atoms with Gasteiger partial charge in [0.05, 0.1) is 0 Å². The summed E-state index contributed by atoms with van der Waals surface area (Å²) < 4.78 is 0. The van der Waals surface area contributed by atoms with Crippen molar-refractivity contribution in [2.45, 2.75) is 13.5 Å². The first-order valence-electron chi connectivity index (χ1n) is 6.07. The summed E-state index contributed by atoms with van der Waals surface area (Å²) in [6.07, 6.45) is 0. The van der Waals surface area contributed by atoms with Crippen LogP contribution in [-0.2, 0) is 11.3 Å². The molecule has 1 amide bonds. The van der Waals surface area contributed by atoms with Gasteiger partial charge < -0.3 is 10.2 Å². The van der Waals surface area contributed by atoms with Crippen LogP contribution in [0.15, 0.2) is 29.3 Å². The second-order valence-corrected chi connectivity index (χ2v) is 5.64. The first-order valence-corrected chi connectivity index (χ1v) is 6.82. The van der Waals surface area contributed by atoms with E-state index in [0.717, 1.165) is 24.2 Å². The number of rotatable bonds is 3. The van der Waals surface area contributed by atoms with Gasteiger partial charge in [0.2, 0.25) is 5.91 Å². The molecule has 0 bridgehead atoms. The lowest BCUT2D eigenvalue weighted by Crippen LogP contribution is -2.38. The molecule has 1 N–H and O–H groups in total. The van der Waals surface area contributed by atoms with Gasteiger partial charge in [-0.1, -0.05) is 23.2 Å². The molecular formula is C14H16Cl2N2O. The molecule has 1 fully saturated rings. The topological polar surface area (TPSA) is 32.3 Å². The summed E-state index contributed by atoms with van der Waals surface area (Å²) in [5.74, 6) is 0.0487. The van der Waals surface area contributed by atoms with E-state index < -0.39 is 0 Å². The van der Waals surface area contributed by atoms with Gasteiger partial charge in [0.25, 0.3) is 0 Å². The second kappa shape index (κ2) is 5.95. The van der Waals surface area contributed by atoms with Crippen LogP contribution in [0.1, 0.15) is 12.5 Å². The summed E-state index contributed by atoms with van der Waals surface area (Å²) in [6, 6.07) is 5.33. The summed E-state index contributed by atoms with van der Waals surface area (Å²) in [4.78, 5) is 13.9. The van der Waals surface area contributed by atoms with Crippen LogP contribution >= 0.6 is 23.2 Å². The zero-order chi connectivity index (χ0) is 14.0. The number of halogens is 2. The van der Waals surface area contributed by atoms with Crippen LogP contribution in [-0.4, -0.2) is 30.9 Å². The molecule has 0 spiro atoms. The number of carbonyl (C=O) groups excluding carboxylic acids is 1. The monoisotopic (exact) mass is 298 g/mol. The Morgan fingerprint density at radius 1 is 1.26 bits per heavy atom. The average molecular weight is 299 g/mol. The first kappa shape index (κ1) is 14.4. The summed E-state index contributed by atoms with van der Waals surface area (Å²) in [5, 5.41) is 4.31. The minimum atomic E-state index is 0.0487. The molecular weight excluding hydrogens is 283 g/mol. The molecule has 1 aromatic rings. The van der Waals surface area contributed by atoms with Crippen molar-refractivity contribution in [2.24, 2.45) is 0 Å². The van der Waals surface area contributed by atoms with E-state index in [9.17, 15) is 4.79 Å². The Labute approximate surface area is 123 Å². The summed E-state index contributed by atoms with van der Waals surface area (Å²) >= 11 is 11.9. The number of amides is 1. The molecule has 0 aliphatic carbocycles. The Morgan fingerprint density at radius 2 is 1.84 bits per heavy atom. The number of nitrogens with zero attached hydrogens (tertiary/aromatic N) is 1. The molecule has 1 aliphatic heterocycles. The Kier molecular flexibility index (Phi) is 4.50. The van der Waals surface area contributed by atoms with E-state index in [0.29, 0.717) is 16.6 Å². The van der Waals surface area contributed by atoms with Gasteiger partial charge in [0, 0.05) is 42.3 Å². The molecule has 19 heavy (non-hydrogen) atoms. The van der Waals surface area contributed by atoms with E-state index in [-0.39, 0.29) is 5.91 Å². The fourth-order valence-corrected chi connectivity index (χ4v) is 2.57. The van der Waals surface area contributed by atoms with Gasteiger partial charge in [-0.25, -0.2) is 0 Å². The van der Waals surface area contributed by atoms with Crippen LogP contribution < -0.4 is 5.32 Å². The van der Waals surface area contributed by atoms with E-state index in [1.165, 1.54) is 5.57 Å². The fourth-order valence-electron chi connectivity index (χ4n) is 2.00. The highest BCUT2D eigenvalue weighted by Gasteiger charge is 2.19. The zero-order valence-corrected chi connectivity index (χ0v) is 12.5. The van der Waals surface area contributed by atoms with Gasteiger partial charge in [0.1, 0.15) is 0 Å². The number of carbonyl (C=O) groups is 1. The van der Waals surface area contributed by atoms with Crippen molar-refractivity contribution in [3.63, 3.8) is 0 Å². The molecule has 1 heterocycles. The lowest BCUT2D eigenvalue weighted by atomic mass is 10.0. The number of hydrogen-bond acceptors (Lipinski definition) is 2. The minimum absolute atomic E-state index is 0.0487. The maximum atomic E-state index is 12.2. The molecule has 1 saturated heterocycles. The third-order valence-corrected chi connectivity index (χ3v) is 3.65. The molecule has 0 atom stereocenters. The highest BCUT2D eigenvalue weighted by molar-refractivity contribution is 6.34. The Morgan fingerprint density at radius 3 is 2.32 bits per heavy atom. The van der Waals surface area contributed by atoms with Crippen molar-refractivity contribution >= 4 is 29.1 Å². The van der Waals surface area contributed by atoms with Crippen LogP contribution in [0.4, 0.5) is 0 Å². The number of likely N-dealkylation sites (N-methyl/N-ethyl adjacent to an activating group) is 1. The molecule has 0 radical (unpaired) electrons. The third kappa shape index (κ3) is 3.50. The zero-order valence-electron chi connectivity index (χ0n) is 11.0. The van der Waals surface area contributed by atoms with Crippen LogP contribution in [0.25, 0.3) is 0 Å². The molecule has 102 valence electrons. The predicted octanol–water partition coefficient (Wildman–Crippen LogP) is 2.87. The molecule has 2 rings (SSSR count). The van der Waals surface area contributed by atoms with Crippen molar-refractivity contribution in [3.05, 3.63) is 45.0 Å². The Balaban J connectivity index is 2.08. The highest BCUT2D eigenvalue weighted by atomic mass is 35.5. The van der Waals surface area contributed by atoms with Crippen LogP contribution in [0.2, 0.25) is 10.0 Å². The van der Waals surface area contributed by atoms with Gasteiger partial charge in [-0.2, -0.15) is 0 Å². The Bertz CT molecular complexity index is 514. The third-order valence-electron chi connectivity index (χ3n) is 3.22. The smallest absolute Gasteiger partial charge is 0.249 e. The normalized spacial score (nSPS) is 14.0. The van der Waals surface area contributed by atoms with E-state index in [1.54, 1.807) is 18.0 Å². The molecule has 1 aromatic carbocycles. The number of nitrogens with one attached hydrogen (secondary N) is 1. The van der Waals surface area contributed by atoms with Crippen molar-refractivity contribution in [1.29, 1.82) is 0 Å². The first-order chi connectivity index (χ1) is 8.97. The lowest BCUT2D eigenvalue weighted by molar-refractivity contribution is -0.126. The summed E-state index contributed by atoms with van der Waals surface area (Å²) in [7, 11) is 1.79. The molecule has 0 saturated carbocycles. The predicted molar refractivity (Wildman–Crippen MR) is 78.5 cm³/mol. The average Bonchev–Trinajstić information content (AvgIpc) is 2.23. The lowest BCUT2D eigenvalue weighted by Gasteiger charge is -2.24. The van der Waals surface area contributed by atoms with Crippen molar-refractivity contribution in [2.75, 3.05) is 20.1 Å². The highest BCUT2D eigenvalue weighted by Crippen LogP contribution is 2.20. The maximum absolute atomic E-state index is 12.2. The van der Waals surface area contributed by atoms with Gasteiger partial charge in [-0.3, -0.25) is 4.79 Å². The number of hydrogen-bond donors (Lipinski definition) is 1. The summed E-state index contributed by atoms with van der Waals surface area (Å²) in [5.41, 5.74) is 2.94. The molecule has 5 heteroatoms. The van der Waals surface area contributed by atoms with E-state index in [1.807, 2.05) is 19.1 Å². The minimum Gasteiger partial charge on any atom is -0.338 e. The van der Waals surface area contributed by atoms with E-state index in [2.05, 4.69) is 5.32 Å². The maximum Gasteiger partial charge on any atom is 0.249 e. The molecule has 0 unspecified atom stereocenters. The van der Waals surface area contributed by atoms with Gasteiger partial charge in [-0.15, -0.1) is 0 Å². The van der Waals surface area contributed by atoms with E-state index in [4.69, 9.17) is 23.2 Å². The van der Waals surface area contributed by atoms with Gasteiger partial charge in [0.15, 0.2) is 0 Å². The molecule has 3 nitrogen and oxygen atoms in total. The van der Waals surface area contributed by atoms with Crippen molar-refractivity contribution in [3.8, 4) is 0 Å².